The number of carbonyl (C=O) groups is 1. The van der Waals surface area contributed by atoms with Crippen molar-refractivity contribution in [1.82, 2.24) is 4.90 Å². The lowest BCUT2D eigenvalue weighted by molar-refractivity contribution is -0.130. The van der Waals surface area contributed by atoms with Crippen molar-refractivity contribution in [2.24, 2.45) is 11.5 Å². The highest BCUT2D eigenvalue weighted by Gasteiger charge is 1.90. The molecule has 0 atom stereocenters. The Balaban J connectivity index is 0. The maximum atomic E-state index is 9.51. The SMILES string of the molecule is CN(CCN)CCN.O=COCCOCCO. The van der Waals surface area contributed by atoms with Crippen LogP contribution in [-0.4, -0.2) is 76.1 Å². The van der Waals surface area contributed by atoms with Crippen LogP contribution in [0, 0.1) is 0 Å². The van der Waals surface area contributed by atoms with Crippen LogP contribution < -0.4 is 11.5 Å². The Hall–Kier alpha value is -0.730. The Bertz CT molecular complexity index is 144. The average Bonchev–Trinajstić information content (AvgIpc) is 2.31. The molecule has 0 aromatic carbocycles. The van der Waals surface area contributed by atoms with E-state index >= 15 is 0 Å². The largest absolute Gasteiger partial charge is 0.465 e. The van der Waals surface area contributed by atoms with Gasteiger partial charge in [0.05, 0.1) is 19.8 Å². The second-order valence-electron chi connectivity index (χ2n) is 3.18. The number of hydrogen-bond donors (Lipinski definition) is 3. The van der Waals surface area contributed by atoms with E-state index in [4.69, 9.17) is 21.3 Å². The fourth-order valence-electron chi connectivity index (χ4n) is 0.874. The molecular formula is C10H25N3O4. The van der Waals surface area contributed by atoms with Gasteiger partial charge in [-0.25, -0.2) is 0 Å². The molecule has 0 rings (SSSR count). The van der Waals surface area contributed by atoms with Gasteiger partial charge in [-0.2, -0.15) is 0 Å². The molecule has 0 bridgehead atoms. The molecule has 0 aromatic rings. The number of ether oxygens (including phenoxy) is 2. The Morgan fingerprint density at radius 1 is 1.18 bits per heavy atom. The molecule has 5 N–H and O–H groups in total. The van der Waals surface area contributed by atoms with Gasteiger partial charge < -0.3 is 30.9 Å². The third kappa shape index (κ3) is 21.2. The zero-order valence-electron chi connectivity index (χ0n) is 10.5. The smallest absolute Gasteiger partial charge is 0.293 e. The van der Waals surface area contributed by atoms with Gasteiger partial charge in [0.15, 0.2) is 0 Å². The van der Waals surface area contributed by atoms with Crippen molar-refractivity contribution in [2.45, 2.75) is 0 Å². The summed E-state index contributed by atoms with van der Waals surface area (Å²) in [7, 11) is 2.01. The van der Waals surface area contributed by atoms with Gasteiger partial charge in [-0.15, -0.1) is 0 Å². The summed E-state index contributed by atoms with van der Waals surface area (Å²) >= 11 is 0. The zero-order chi connectivity index (χ0) is 13.4. The first-order valence-electron chi connectivity index (χ1n) is 5.55. The van der Waals surface area contributed by atoms with Crippen LogP contribution in [-0.2, 0) is 14.3 Å². The van der Waals surface area contributed by atoms with E-state index in [1.165, 1.54) is 0 Å². The Morgan fingerprint density at radius 2 is 1.76 bits per heavy atom. The summed E-state index contributed by atoms with van der Waals surface area (Å²) in [6.07, 6.45) is 0. The van der Waals surface area contributed by atoms with Gasteiger partial charge in [0, 0.05) is 26.2 Å². The molecule has 17 heavy (non-hydrogen) atoms. The van der Waals surface area contributed by atoms with E-state index in [-0.39, 0.29) is 13.2 Å². The minimum Gasteiger partial charge on any atom is -0.465 e. The van der Waals surface area contributed by atoms with Crippen molar-refractivity contribution < 1.29 is 19.4 Å². The molecule has 0 saturated heterocycles. The van der Waals surface area contributed by atoms with Gasteiger partial charge in [-0.1, -0.05) is 0 Å². The Morgan fingerprint density at radius 3 is 2.18 bits per heavy atom. The van der Waals surface area contributed by atoms with E-state index in [2.05, 4.69) is 9.64 Å². The van der Waals surface area contributed by atoms with Crippen LogP contribution in [0.5, 0.6) is 0 Å². The monoisotopic (exact) mass is 251 g/mol. The van der Waals surface area contributed by atoms with Gasteiger partial charge >= 0.3 is 0 Å². The van der Waals surface area contributed by atoms with E-state index in [1.807, 2.05) is 7.05 Å². The van der Waals surface area contributed by atoms with Crippen LogP contribution in [0.3, 0.4) is 0 Å². The van der Waals surface area contributed by atoms with Crippen molar-refractivity contribution >= 4 is 6.47 Å². The fraction of sp³-hybridized carbons (Fsp3) is 0.900. The lowest BCUT2D eigenvalue weighted by atomic mass is 10.5. The second-order valence-corrected chi connectivity index (χ2v) is 3.18. The molecule has 0 aromatic heterocycles. The fourth-order valence-corrected chi connectivity index (χ4v) is 0.874. The molecule has 0 amide bonds. The molecular weight excluding hydrogens is 226 g/mol. The number of likely N-dealkylation sites (N-methyl/N-ethyl adjacent to an activating group) is 1. The molecule has 0 unspecified atom stereocenters. The second kappa shape index (κ2) is 17.7. The summed E-state index contributed by atoms with van der Waals surface area (Å²) in [5.41, 5.74) is 10.6. The molecule has 7 heteroatoms. The van der Waals surface area contributed by atoms with Crippen molar-refractivity contribution in [3.05, 3.63) is 0 Å². The van der Waals surface area contributed by atoms with Gasteiger partial charge in [-0.05, 0) is 7.05 Å². The molecule has 104 valence electrons. The molecule has 0 aliphatic carbocycles. The van der Waals surface area contributed by atoms with Crippen molar-refractivity contribution in [1.29, 1.82) is 0 Å². The normalized spacial score (nSPS) is 9.71. The number of hydrogen-bond acceptors (Lipinski definition) is 7. The van der Waals surface area contributed by atoms with Crippen LogP contribution >= 0.6 is 0 Å². The van der Waals surface area contributed by atoms with Gasteiger partial charge in [0.1, 0.15) is 6.61 Å². The molecule has 0 aliphatic rings. The Labute approximate surface area is 103 Å². The van der Waals surface area contributed by atoms with Crippen molar-refractivity contribution in [2.75, 3.05) is 59.7 Å². The predicted octanol–water partition coefficient (Wildman–Crippen LogP) is -2.00. The molecule has 0 fully saturated rings. The maximum Gasteiger partial charge on any atom is 0.293 e. The summed E-state index contributed by atoms with van der Waals surface area (Å²) in [5, 5.41) is 8.19. The van der Waals surface area contributed by atoms with Crippen LogP contribution in [0.4, 0.5) is 0 Å². The maximum absolute atomic E-state index is 9.51. The molecule has 7 nitrogen and oxygen atoms in total. The first-order chi connectivity index (χ1) is 8.22. The van der Waals surface area contributed by atoms with Crippen LogP contribution in [0.15, 0.2) is 0 Å². The first-order valence-corrected chi connectivity index (χ1v) is 5.55. The van der Waals surface area contributed by atoms with E-state index in [0.29, 0.717) is 19.7 Å². The molecule has 0 heterocycles. The van der Waals surface area contributed by atoms with Gasteiger partial charge in [0.25, 0.3) is 6.47 Å². The summed E-state index contributed by atoms with van der Waals surface area (Å²) in [6, 6.07) is 0. The van der Waals surface area contributed by atoms with Gasteiger partial charge in [0.2, 0.25) is 0 Å². The topological polar surface area (TPSA) is 111 Å². The third-order valence-electron chi connectivity index (χ3n) is 1.67. The number of aliphatic hydroxyl groups is 1. The first kappa shape index (κ1) is 18.6. The lowest BCUT2D eigenvalue weighted by Gasteiger charge is -2.12. The van der Waals surface area contributed by atoms with Crippen molar-refractivity contribution in [3.8, 4) is 0 Å². The molecule has 0 spiro atoms. The van der Waals surface area contributed by atoms with Crippen molar-refractivity contribution in [3.63, 3.8) is 0 Å². The minimum absolute atomic E-state index is 0.00108. The highest BCUT2D eigenvalue weighted by Crippen LogP contribution is 1.74. The number of nitrogens with zero attached hydrogens (tertiary/aromatic N) is 1. The summed E-state index contributed by atoms with van der Waals surface area (Å²) < 4.78 is 9.04. The summed E-state index contributed by atoms with van der Waals surface area (Å²) in [4.78, 5) is 11.6. The van der Waals surface area contributed by atoms with E-state index in [0.717, 1.165) is 26.2 Å². The average molecular weight is 251 g/mol. The van der Waals surface area contributed by atoms with Crippen LogP contribution in [0.25, 0.3) is 0 Å². The molecule has 0 radical (unpaired) electrons. The van der Waals surface area contributed by atoms with E-state index in [9.17, 15) is 4.79 Å². The molecule has 0 saturated carbocycles. The summed E-state index contributed by atoms with van der Waals surface area (Å²) in [6.45, 7) is 4.58. The number of aliphatic hydroxyl groups excluding tert-OH is 1. The third-order valence-corrected chi connectivity index (χ3v) is 1.67. The highest BCUT2D eigenvalue weighted by molar-refractivity contribution is 5.36. The number of carbonyl (C=O) groups excluding carboxylic acids is 1. The zero-order valence-corrected chi connectivity index (χ0v) is 10.5. The van der Waals surface area contributed by atoms with Gasteiger partial charge in [-0.3, -0.25) is 4.79 Å². The van der Waals surface area contributed by atoms with Crippen LogP contribution in [0.2, 0.25) is 0 Å². The Kier molecular flexibility index (Phi) is 19.4. The van der Waals surface area contributed by atoms with E-state index in [1.54, 1.807) is 0 Å². The quantitative estimate of drug-likeness (QED) is 0.304. The predicted molar refractivity (Wildman–Crippen MR) is 65.5 cm³/mol. The van der Waals surface area contributed by atoms with E-state index < -0.39 is 0 Å². The number of nitrogens with two attached hydrogens (primary N) is 2. The molecule has 0 aliphatic heterocycles. The summed E-state index contributed by atoms with van der Waals surface area (Å²) in [5.74, 6) is 0. The lowest BCUT2D eigenvalue weighted by Crippen LogP contribution is -2.30. The van der Waals surface area contributed by atoms with Crippen LogP contribution in [0.1, 0.15) is 0 Å². The highest BCUT2D eigenvalue weighted by atomic mass is 16.5. The standard InChI is InChI=1S/C5H15N3.C5H10O4/c1-8(4-2-6)5-3-7;6-1-2-8-3-4-9-5-7/h2-7H2,1H3;5-6H,1-4H2. The number of rotatable bonds is 10. The minimum atomic E-state index is 0.00108.